The van der Waals surface area contributed by atoms with Gasteiger partial charge in [-0.25, -0.2) is 13.1 Å². The number of hydrogen-bond acceptors (Lipinski definition) is 3. The summed E-state index contributed by atoms with van der Waals surface area (Å²) >= 11 is 3.28. The molecule has 1 N–H and O–H groups in total. The number of aromatic nitrogens is 2. The van der Waals surface area contributed by atoms with E-state index in [-0.39, 0.29) is 4.90 Å². The molecule has 0 saturated heterocycles. The van der Waals surface area contributed by atoms with Gasteiger partial charge in [0.2, 0.25) is 10.0 Å². The Kier molecular flexibility index (Phi) is 4.95. The van der Waals surface area contributed by atoms with Gasteiger partial charge in [-0.05, 0) is 43.2 Å². The largest absolute Gasteiger partial charge is 0.272 e. The highest BCUT2D eigenvalue weighted by Crippen LogP contribution is 2.14. The summed E-state index contributed by atoms with van der Waals surface area (Å²) in [6, 6.07) is 6.56. The molecule has 0 aliphatic rings. The molecule has 1 heterocycles. The molecule has 0 amide bonds. The summed E-state index contributed by atoms with van der Waals surface area (Å²) in [6.45, 7) is 3.05. The lowest BCUT2D eigenvalue weighted by molar-refractivity contribution is 0.553. The van der Waals surface area contributed by atoms with Gasteiger partial charge in [0.1, 0.15) is 0 Å². The number of sulfonamides is 1. The molecule has 0 fully saturated rings. The van der Waals surface area contributed by atoms with E-state index in [0.29, 0.717) is 19.5 Å². The minimum atomic E-state index is -3.43. The Hall–Kier alpha value is -1.18. The predicted molar refractivity (Wildman–Crippen MR) is 80.9 cm³/mol. The highest BCUT2D eigenvalue weighted by molar-refractivity contribution is 9.10. The van der Waals surface area contributed by atoms with Crippen LogP contribution >= 0.6 is 15.9 Å². The number of benzene rings is 1. The van der Waals surface area contributed by atoms with Gasteiger partial charge in [-0.2, -0.15) is 5.10 Å². The summed E-state index contributed by atoms with van der Waals surface area (Å²) in [5.41, 5.74) is 1.10. The topological polar surface area (TPSA) is 64.0 Å². The van der Waals surface area contributed by atoms with Gasteiger partial charge in [0.05, 0.1) is 11.1 Å². The fourth-order valence-electron chi connectivity index (χ4n) is 1.73. The lowest BCUT2D eigenvalue weighted by Crippen LogP contribution is -2.25. The first kappa shape index (κ1) is 15.2. The van der Waals surface area contributed by atoms with Gasteiger partial charge in [0.15, 0.2) is 0 Å². The van der Waals surface area contributed by atoms with Gasteiger partial charge in [0.25, 0.3) is 0 Å². The molecule has 1 aromatic heterocycles. The molecule has 108 valence electrons. The maximum atomic E-state index is 12.0. The Morgan fingerprint density at radius 2 is 2.00 bits per heavy atom. The van der Waals surface area contributed by atoms with Crippen LogP contribution in [0, 0.1) is 6.92 Å². The Labute approximate surface area is 127 Å². The van der Waals surface area contributed by atoms with E-state index in [2.05, 4.69) is 25.8 Å². The van der Waals surface area contributed by atoms with Crippen LogP contribution in [-0.4, -0.2) is 24.7 Å². The van der Waals surface area contributed by atoms with Crippen LogP contribution in [0.2, 0.25) is 0 Å². The first-order valence-electron chi connectivity index (χ1n) is 6.22. The van der Waals surface area contributed by atoms with Crippen LogP contribution in [-0.2, 0) is 16.6 Å². The minimum Gasteiger partial charge on any atom is -0.272 e. The van der Waals surface area contributed by atoms with Crippen molar-refractivity contribution in [2.45, 2.75) is 24.8 Å². The highest BCUT2D eigenvalue weighted by Gasteiger charge is 2.12. The third kappa shape index (κ3) is 4.16. The maximum absolute atomic E-state index is 12.0. The van der Waals surface area contributed by atoms with Gasteiger partial charge in [-0.15, -0.1) is 0 Å². The van der Waals surface area contributed by atoms with Crippen LogP contribution in [0.25, 0.3) is 0 Å². The van der Waals surface area contributed by atoms with Gasteiger partial charge in [0, 0.05) is 23.8 Å². The summed E-state index contributed by atoms with van der Waals surface area (Å²) in [6.07, 6.45) is 4.41. The van der Waals surface area contributed by atoms with E-state index in [0.717, 1.165) is 10.0 Å². The van der Waals surface area contributed by atoms with Gasteiger partial charge >= 0.3 is 0 Å². The Morgan fingerprint density at radius 1 is 1.30 bits per heavy atom. The molecule has 0 bridgehead atoms. The fraction of sp³-hybridized carbons (Fsp3) is 0.308. The average Bonchev–Trinajstić information content (AvgIpc) is 2.81. The second-order valence-corrected chi connectivity index (χ2v) is 7.17. The quantitative estimate of drug-likeness (QED) is 0.806. The number of hydrogen-bond donors (Lipinski definition) is 1. The van der Waals surface area contributed by atoms with E-state index in [4.69, 9.17) is 0 Å². The molecule has 2 rings (SSSR count). The maximum Gasteiger partial charge on any atom is 0.240 e. The van der Waals surface area contributed by atoms with Crippen LogP contribution in [0.1, 0.15) is 12.0 Å². The van der Waals surface area contributed by atoms with Crippen molar-refractivity contribution in [1.82, 2.24) is 14.5 Å². The second kappa shape index (κ2) is 6.51. The average molecular weight is 358 g/mol. The molecule has 0 aliphatic carbocycles. The summed E-state index contributed by atoms with van der Waals surface area (Å²) in [4.78, 5) is 0.274. The van der Waals surface area contributed by atoms with Crippen molar-refractivity contribution in [1.29, 1.82) is 0 Å². The zero-order valence-corrected chi connectivity index (χ0v) is 13.5. The third-order valence-electron chi connectivity index (χ3n) is 2.74. The highest BCUT2D eigenvalue weighted by atomic mass is 79.9. The lowest BCUT2D eigenvalue weighted by Gasteiger charge is -2.07. The monoisotopic (exact) mass is 357 g/mol. The van der Waals surface area contributed by atoms with Crippen molar-refractivity contribution in [3.05, 3.63) is 46.7 Å². The van der Waals surface area contributed by atoms with Crippen molar-refractivity contribution < 1.29 is 8.42 Å². The Balaban J connectivity index is 1.85. The van der Waals surface area contributed by atoms with Crippen LogP contribution in [0.15, 0.2) is 46.0 Å². The Morgan fingerprint density at radius 3 is 2.60 bits per heavy atom. The van der Waals surface area contributed by atoms with Gasteiger partial charge in [-0.1, -0.05) is 15.9 Å². The normalized spacial score (nSPS) is 11.7. The van der Waals surface area contributed by atoms with E-state index in [1.54, 1.807) is 30.5 Å². The fourth-order valence-corrected chi connectivity index (χ4v) is 3.07. The zero-order valence-electron chi connectivity index (χ0n) is 11.1. The van der Waals surface area contributed by atoms with Crippen LogP contribution in [0.3, 0.4) is 0 Å². The molecule has 0 atom stereocenters. The second-order valence-electron chi connectivity index (χ2n) is 4.49. The van der Waals surface area contributed by atoms with E-state index in [1.807, 2.05) is 17.8 Å². The van der Waals surface area contributed by atoms with Crippen molar-refractivity contribution in [2.24, 2.45) is 0 Å². The summed E-state index contributed by atoms with van der Waals surface area (Å²) < 4.78 is 29.3. The van der Waals surface area contributed by atoms with Crippen molar-refractivity contribution in [2.75, 3.05) is 6.54 Å². The predicted octanol–water partition coefficient (Wildman–Crippen LogP) is 2.32. The van der Waals surface area contributed by atoms with Crippen molar-refractivity contribution in [3.63, 3.8) is 0 Å². The molecular weight excluding hydrogens is 342 g/mol. The number of nitrogens with one attached hydrogen (secondary N) is 1. The molecule has 0 aliphatic heterocycles. The minimum absolute atomic E-state index is 0.274. The molecular formula is C13H16BrN3O2S. The lowest BCUT2D eigenvalue weighted by atomic mass is 10.4. The number of nitrogens with zero attached hydrogens (tertiary/aromatic N) is 2. The summed E-state index contributed by atoms with van der Waals surface area (Å²) in [7, 11) is -3.43. The zero-order chi connectivity index (χ0) is 14.6. The molecule has 7 heteroatoms. The smallest absolute Gasteiger partial charge is 0.240 e. The number of halogens is 1. The van der Waals surface area contributed by atoms with Crippen LogP contribution in [0.4, 0.5) is 0 Å². The summed E-state index contributed by atoms with van der Waals surface area (Å²) in [5.74, 6) is 0. The molecule has 0 radical (unpaired) electrons. The van der Waals surface area contributed by atoms with Gasteiger partial charge < -0.3 is 0 Å². The molecule has 5 nitrogen and oxygen atoms in total. The molecule has 1 aromatic carbocycles. The van der Waals surface area contributed by atoms with Gasteiger partial charge in [-0.3, -0.25) is 4.68 Å². The van der Waals surface area contributed by atoms with Crippen molar-refractivity contribution in [3.8, 4) is 0 Å². The van der Waals surface area contributed by atoms with E-state index in [1.165, 1.54) is 0 Å². The van der Waals surface area contributed by atoms with E-state index in [9.17, 15) is 8.42 Å². The van der Waals surface area contributed by atoms with E-state index < -0.39 is 10.0 Å². The van der Waals surface area contributed by atoms with E-state index >= 15 is 0 Å². The van der Waals surface area contributed by atoms with Crippen molar-refractivity contribution >= 4 is 26.0 Å². The summed E-state index contributed by atoms with van der Waals surface area (Å²) in [5, 5.41) is 4.15. The molecule has 0 spiro atoms. The number of rotatable bonds is 6. The third-order valence-corrected chi connectivity index (χ3v) is 4.75. The molecule has 20 heavy (non-hydrogen) atoms. The number of aryl methyl sites for hydroxylation is 2. The SMILES string of the molecule is Cc1cnn(CCCNS(=O)(=O)c2ccc(Br)cc2)c1. The standard InChI is InChI=1S/C13H16BrN3O2S/c1-11-9-15-17(10-11)8-2-7-16-20(18,19)13-5-3-12(14)4-6-13/h3-6,9-10,16H,2,7-8H2,1H3. The first-order valence-corrected chi connectivity index (χ1v) is 8.49. The Bertz CT molecular complexity index is 665. The van der Waals surface area contributed by atoms with Crippen LogP contribution in [0.5, 0.6) is 0 Å². The molecule has 2 aromatic rings. The molecule has 0 saturated carbocycles. The first-order chi connectivity index (χ1) is 9.47. The van der Waals surface area contributed by atoms with Crippen LogP contribution < -0.4 is 4.72 Å². The molecule has 0 unspecified atom stereocenters.